The number of carbonyl (C=O) groups is 4. The summed E-state index contributed by atoms with van der Waals surface area (Å²) in [6.07, 6.45) is 8.51. The number of aliphatic hydroxyl groups is 1. The maximum Gasteiger partial charge on any atom is 0.344 e. The van der Waals surface area contributed by atoms with E-state index in [1.165, 1.54) is 33.7 Å². The summed E-state index contributed by atoms with van der Waals surface area (Å²) in [6, 6.07) is 10.8. The van der Waals surface area contributed by atoms with E-state index in [1.54, 1.807) is 7.11 Å². The number of hydrogen-bond acceptors (Lipinski definition) is 14. The van der Waals surface area contributed by atoms with E-state index in [-0.39, 0.29) is 30.0 Å². The number of oxazole rings is 1. The van der Waals surface area contributed by atoms with Gasteiger partial charge in [-0.25, -0.2) is 9.78 Å². The number of benzene rings is 2. The SMILES string of the molecule is CC[C@]1(NC(=O)c2cnco2)C[C@H]2CN(CCc3c([nH]c4ccccc34)[C@@](C(=O)OC)(c3cc4c(cc3OC)N(C)[C@H]3[C@@](O)(C(=O)OC)[C@H](OC(C)=O)[C@]5(CC)C=CCN6CC[C@]43[C@@H]65)C2)C1. The molecule has 1 aliphatic carbocycles. The number of rotatable bonds is 9. The summed E-state index contributed by atoms with van der Waals surface area (Å²) in [6.45, 7) is 8.57. The highest BCUT2D eigenvalue weighted by atomic mass is 16.6. The van der Waals surface area contributed by atoms with Crippen molar-refractivity contribution in [3.8, 4) is 5.75 Å². The molecule has 16 nitrogen and oxygen atoms in total. The molecule has 3 N–H and O–H groups in total. The zero-order chi connectivity index (χ0) is 46.6. The van der Waals surface area contributed by atoms with E-state index >= 15 is 4.79 Å². The minimum atomic E-state index is -2.33. The van der Waals surface area contributed by atoms with Crippen LogP contribution in [-0.2, 0) is 45.8 Å². The van der Waals surface area contributed by atoms with Crippen LogP contribution in [0, 0.1) is 11.3 Å². The van der Waals surface area contributed by atoms with Gasteiger partial charge in [-0.2, -0.15) is 0 Å². The molecule has 5 aliphatic heterocycles. The van der Waals surface area contributed by atoms with E-state index in [2.05, 4.69) is 44.1 Å². The van der Waals surface area contributed by atoms with Gasteiger partial charge in [-0.05, 0) is 74.2 Å². The number of aromatic amines is 1. The first-order valence-electron chi connectivity index (χ1n) is 23.2. The molecule has 0 radical (unpaired) electrons. The van der Waals surface area contributed by atoms with Crippen LogP contribution in [0.15, 0.2) is 65.6 Å². The third-order valence-corrected chi connectivity index (χ3v) is 16.7. The Morgan fingerprint density at radius 2 is 1.79 bits per heavy atom. The molecular formula is C50H60N6O10. The van der Waals surface area contributed by atoms with Gasteiger partial charge in [-0.1, -0.05) is 44.2 Å². The van der Waals surface area contributed by atoms with Gasteiger partial charge in [0.25, 0.3) is 5.91 Å². The van der Waals surface area contributed by atoms with Gasteiger partial charge in [-0.3, -0.25) is 19.3 Å². The van der Waals surface area contributed by atoms with E-state index in [9.17, 15) is 19.5 Å². The van der Waals surface area contributed by atoms with E-state index < -0.39 is 57.4 Å². The van der Waals surface area contributed by atoms with E-state index in [4.69, 9.17) is 23.4 Å². The molecule has 66 heavy (non-hydrogen) atoms. The molecule has 2 aromatic carbocycles. The van der Waals surface area contributed by atoms with Gasteiger partial charge in [0.2, 0.25) is 11.4 Å². The van der Waals surface area contributed by atoms with E-state index in [0.717, 1.165) is 33.4 Å². The lowest BCUT2D eigenvalue weighted by atomic mass is 9.47. The molecule has 6 aliphatic rings. The number of piperidine rings is 1. The van der Waals surface area contributed by atoms with Crippen LogP contribution in [0.4, 0.5) is 5.69 Å². The molecule has 10 atom stereocenters. The first-order valence-corrected chi connectivity index (χ1v) is 23.2. The Morgan fingerprint density at radius 1 is 1.00 bits per heavy atom. The Morgan fingerprint density at radius 3 is 2.48 bits per heavy atom. The molecule has 16 heteroatoms. The Balaban J connectivity index is 1.23. The second-order valence-electron chi connectivity index (χ2n) is 19.6. The topological polar surface area (TPSA) is 189 Å². The number of anilines is 1. The molecular weight excluding hydrogens is 845 g/mol. The molecule has 1 saturated carbocycles. The highest BCUT2D eigenvalue weighted by Gasteiger charge is 2.80. The largest absolute Gasteiger partial charge is 0.496 e. The Bertz CT molecular complexity index is 2650. The first kappa shape index (κ1) is 44.1. The number of aromatic nitrogens is 2. The first-order chi connectivity index (χ1) is 31.7. The van der Waals surface area contributed by atoms with Crippen molar-refractivity contribution in [2.24, 2.45) is 11.3 Å². The fraction of sp³-hybridized carbons (Fsp3) is 0.540. The zero-order valence-corrected chi connectivity index (χ0v) is 38.8. The summed E-state index contributed by atoms with van der Waals surface area (Å²) in [7, 11) is 6.12. The monoisotopic (exact) mass is 904 g/mol. The maximum absolute atomic E-state index is 15.6. The zero-order valence-electron chi connectivity index (χ0n) is 38.8. The molecule has 3 fully saturated rings. The van der Waals surface area contributed by atoms with E-state index in [0.29, 0.717) is 76.1 Å². The van der Waals surface area contributed by atoms with Crippen LogP contribution in [0.25, 0.3) is 10.9 Å². The number of likely N-dealkylation sites (N-methyl/N-ethyl adjacent to an activating group) is 1. The lowest BCUT2D eigenvalue weighted by molar-refractivity contribution is -0.228. The number of hydrogen-bond donors (Lipinski definition) is 3. The predicted molar refractivity (Wildman–Crippen MR) is 242 cm³/mol. The molecule has 2 bridgehead atoms. The summed E-state index contributed by atoms with van der Waals surface area (Å²) in [4.78, 5) is 71.5. The van der Waals surface area contributed by atoms with E-state index in [1.807, 2.05) is 55.3 Å². The number of carbonyl (C=O) groups excluding carboxylic acids is 4. The number of para-hydroxylation sites is 1. The average molecular weight is 905 g/mol. The van der Waals surface area contributed by atoms with Gasteiger partial charge >= 0.3 is 17.9 Å². The van der Waals surface area contributed by atoms with Crippen LogP contribution in [0.1, 0.15) is 85.8 Å². The molecule has 2 aromatic heterocycles. The minimum absolute atomic E-state index is 0.128. The fourth-order valence-corrected chi connectivity index (χ4v) is 14.3. The van der Waals surface area contributed by atoms with Crippen LogP contribution in [0.5, 0.6) is 5.75 Å². The number of amides is 1. The predicted octanol–water partition coefficient (Wildman–Crippen LogP) is 4.42. The lowest BCUT2D eigenvalue weighted by Crippen LogP contribution is -2.81. The second kappa shape index (κ2) is 15.7. The van der Waals surface area contributed by atoms with Crippen LogP contribution < -0.4 is 15.0 Å². The number of esters is 3. The number of H-pyrrole nitrogens is 1. The van der Waals surface area contributed by atoms with Gasteiger partial charge < -0.3 is 48.6 Å². The highest BCUT2D eigenvalue weighted by Crippen LogP contribution is 2.68. The van der Waals surface area contributed by atoms with Crippen LogP contribution in [0.3, 0.4) is 0 Å². The van der Waals surface area contributed by atoms with Crippen LogP contribution >= 0.6 is 0 Å². The number of fused-ring (bicyclic) bond motifs is 6. The van der Waals surface area contributed by atoms with Gasteiger partial charge in [0.05, 0.1) is 39.1 Å². The Hall–Kier alpha value is -5.71. The van der Waals surface area contributed by atoms with Crippen molar-refractivity contribution in [1.29, 1.82) is 0 Å². The number of methoxy groups -OCH3 is 3. The normalized spacial score (nSPS) is 34.2. The van der Waals surface area contributed by atoms with Crippen molar-refractivity contribution >= 4 is 40.4 Å². The van der Waals surface area contributed by atoms with Gasteiger partial charge in [0.1, 0.15) is 11.2 Å². The maximum atomic E-state index is 15.6. The fourth-order valence-electron chi connectivity index (χ4n) is 14.3. The van der Waals surface area contributed by atoms with Crippen LogP contribution in [0.2, 0.25) is 0 Å². The lowest BCUT2D eigenvalue weighted by Gasteiger charge is -2.63. The molecule has 4 aromatic rings. The van der Waals surface area contributed by atoms with Crippen molar-refractivity contribution < 1.29 is 47.6 Å². The van der Waals surface area contributed by atoms with Gasteiger partial charge in [0, 0.05) is 90.9 Å². The Kier molecular flexibility index (Phi) is 10.5. The standard InChI is InChI=1S/C50H60N6O10/c1-8-46(53-40(58)38-25-51-28-65-38)23-30-24-49(44(59)63-6,39-32(15-19-55(26-30)27-46)31-13-10-11-14-35(31)52-39)34-21-33-36(22-37(34)62-5)54(4)42-48(33)17-20-56-18-12-16-47(9-2,41(48)56)43(66-29(3)57)50(42,61)45(60)64-7/h10-14,16,21-22,25,28,30,41-43,52,61H,8-9,15,17-20,23-24,26-27H2,1-7H3,(H,53,58)/t30-,41+,42-,43-,46+,47-,48-,49+,50+/m1/s1. The molecule has 350 valence electrons. The average Bonchev–Trinajstić information content (AvgIpc) is 4.13. The molecule has 2 saturated heterocycles. The molecule has 10 rings (SSSR count). The van der Waals surface area contributed by atoms with Crippen molar-refractivity contribution in [2.45, 2.75) is 99.5 Å². The third kappa shape index (κ3) is 5.89. The number of ether oxygens (including phenoxy) is 4. The molecule has 7 heterocycles. The third-order valence-electron chi connectivity index (χ3n) is 16.7. The van der Waals surface area contributed by atoms with Crippen molar-refractivity contribution in [2.75, 3.05) is 66.0 Å². The van der Waals surface area contributed by atoms with Crippen molar-refractivity contribution in [3.05, 3.63) is 89.3 Å². The molecule has 1 unspecified atom stereocenters. The summed E-state index contributed by atoms with van der Waals surface area (Å²) in [5, 5.41) is 17.8. The second-order valence-corrected chi connectivity index (χ2v) is 19.6. The summed E-state index contributed by atoms with van der Waals surface area (Å²) in [5.74, 6) is -1.93. The van der Waals surface area contributed by atoms with Crippen LogP contribution in [-0.4, -0.2) is 139 Å². The van der Waals surface area contributed by atoms with Crippen molar-refractivity contribution in [1.82, 2.24) is 25.1 Å². The summed E-state index contributed by atoms with van der Waals surface area (Å²) >= 11 is 0. The van der Waals surface area contributed by atoms with Gasteiger partial charge in [-0.15, -0.1) is 0 Å². The highest BCUT2D eigenvalue weighted by molar-refractivity contribution is 5.95. The molecule has 1 spiro atoms. The van der Waals surface area contributed by atoms with Gasteiger partial charge in [0.15, 0.2) is 12.5 Å². The number of nitrogens with one attached hydrogen (secondary N) is 2. The number of nitrogens with zero attached hydrogens (tertiary/aromatic N) is 4. The minimum Gasteiger partial charge on any atom is -0.496 e. The summed E-state index contributed by atoms with van der Waals surface area (Å²) in [5.41, 5.74) is -1.71. The molecule has 1 amide bonds. The quantitative estimate of drug-likeness (QED) is 0.122. The van der Waals surface area contributed by atoms with Crippen molar-refractivity contribution in [3.63, 3.8) is 0 Å². The Labute approximate surface area is 383 Å². The summed E-state index contributed by atoms with van der Waals surface area (Å²) < 4.78 is 29.6. The smallest absolute Gasteiger partial charge is 0.344 e.